The molecule has 1 rings (SSSR count). The van der Waals surface area contributed by atoms with Gasteiger partial charge in [-0.1, -0.05) is 6.08 Å². The summed E-state index contributed by atoms with van der Waals surface area (Å²) < 4.78 is 0. The molecular formula is C11H15N. The van der Waals surface area contributed by atoms with Crippen molar-refractivity contribution >= 4 is 5.57 Å². The molecule has 12 heavy (non-hydrogen) atoms. The molecule has 1 aromatic rings. The fourth-order valence-electron chi connectivity index (χ4n) is 0.988. The molecule has 0 fully saturated rings. The lowest BCUT2D eigenvalue weighted by Crippen LogP contribution is -1.89. The average Bonchev–Trinajstić information content (AvgIpc) is 2.08. The van der Waals surface area contributed by atoms with Crippen LogP contribution in [0.2, 0.25) is 0 Å². The zero-order valence-corrected chi connectivity index (χ0v) is 8.18. The first-order chi connectivity index (χ1) is 5.65. The van der Waals surface area contributed by atoms with Crippen LogP contribution < -0.4 is 0 Å². The van der Waals surface area contributed by atoms with Gasteiger partial charge in [-0.2, -0.15) is 0 Å². The summed E-state index contributed by atoms with van der Waals surface area (Å²) in [5.74, 6) is 0. The second-order valence-corrected chi connectivity index (χ2v) is 3.13. The number of aromatic nitrogens is 1. The van der Waals surface area contributed by atoms with Crippen LogP contribution in [0.5, 0.6) is 0 Å². The smallest absolute Gasteiger partial charge is 0.0658 e. The van der Waals surface area contributed by atoms with Gasteiger partial charge in [0.2, 0.25) is 0 Å². The van der Waals surface area contributed by atoms with E-state index in [0.29, 0.717) is 0 Å². The summed E-state index contributed by atoms with van der Waals surface area (Å²) in [4.78, 5) is 4.34. The van der Waals surface area contributed by atoms with Crippen LogP contribution in [0.25, 0.3) is 5.57 Å². The van der Waals surface area contributed by atoms with Crippen LogP contribution in [0, 0.1) is 13.8 Å². The maximum atomic E-state index is 4.34. The van der Waals surface area contributed by atoms with E-state index in [1.807, 2.05) is 13.1 Å². The topological polar surface area (TPSA) is 12.9 Å². The van der Waals surface area contributed by atoms with Crippen molar-refractivity contribution in [3.63, 3.8) is 0 Å². The van der Waals surface area contributed by atoms with Crippen LogP contribution >= 0.6 is 0 Å². The zero-order chi connectivity index (χ0) is 9.14. The van der Waals surface area contributed by atoms with Crippen LogP contribution in [-0.2, 0) is 0 Å². The third-order valence-corrected chi connectivity index (χ3v) is 2.21. The first-order valence-electron chi connectivity index (χ1n) is 4.21. The maximum Gasteiger partial charge on any atom is 0.0658 e. The summed E-state index contributed by atoms with van der Waals surface area (Å²) in [7, 11) is 0. The minimum Gasteiger partial charge on any atom is -0.256 e. The summed E-state index contributed by atoms with van der Waals surface area (Å²) in [6.45, 7) is 8.31. The molecular weight excluding hydrogens is 146 g/mol. The average molecular weight is 161 g/mol. The van der Waals surface area contributed by atoms with Crippen molar-refractivity contribution < 1.29 is 0 Å². The lowest BCUT2D eigenvalue weighted by Gasteiger charge is -2.03. The molecule has 0 unspecified atom stereocenters. The van der Waals surface area contributed by atoms with E-state index in [1.54, 1.807) is 0 Å². The molecule has 0 aliphatic rings. The van der Waals surface area contributed by atoms with Crippen LogP contribution in [0.3, 0.4) is 0 Å². The summed E-state index contributed by atoms with van der Waals surface area (Å²) in [5.41, 5.74) is 4.88. The minimum atomic E-state index is 1.08. The standard InChI is InChI=1S/C11H15N/c1-5-8(2)11-6-9(3)10(4)7-12-11/h5-7H,1-4H3. The Balaban J connectivity index is 3.13. The lowest BCUT2D eigenvalue weighted by molar-refractivity contribution is 1.18. The second-order valence-electron chi connectivity index (χ2n) is 3.13. The number of rotatable bonds is 1. The Morgan fingerprint density at radius 3 is 2.50 bits per heavy atom. The van der Waals surface area contributed by atoms with E-state index in [-0.39, 0.29) is 0 Å². The highest BCUT2D eigenvalue weighted by molar-refractivity contribution is 5.60. The molecule has 0 amide bonds. The molecule has 0 N–H and O–H groups in total. The number of nitrogens with zero attached hydrogens (tertiary/aromatic N) is 1. The quantitative estimate of drug-likeness (QED) is 0.616. The molecule has 1 heterocycles. The number of pyridine rings is 1. The van der Waals surface area contributed by atoms with Crippen molar-refractivity contribution in [3.05, 3.63) is 35.2 Å². The number of hydrogen-bond donors (Lipinski definition) is 0. The Labute approximate surface area is 74.2 Å². The van der Waals surface area contributed by atoms with E-state index in [0.717, 1.165) is 5.69 Å². The molecule has 0 bridgehead atoms. The fourth-order valence-corrected chi connectivity index (χ4v) is 0.988. The van der Waals surface area contributed by atoms with Crippen LogP contribution in [0.4, 0.5) is 0 Å². The Morgan fingerprint density at radius 2 is 2.00 bits per heavy atom. The predicted molar refractivity (Wildman–Crippen MR) is 53.0 cm³/mol. The monoisotopic (exact) mass is 161 g/mol. The van der Waals surface area contributed by atoms with Gasteiger partial charge < -0.3 is 0 Å². The van der Waals surface area contributed by atoms with Crippen molar-refractivity contribution in [2.45, 2.75) is 27.7 Å². The van der Waals surface area contributed by atoms with E-state index >= 15 is 0 Å². The van der Waals surface area contributed by atoms with Gasteiger partial charge in [0.1, 0.15) is 0 Å². The third-order valence-electron chi connectivity index (χ3n) is 2.21. The van der Waals surface area contributed by atoms with E-state index in [1.165, 1.54) is 16.7 Å². The van der Waals surface area contributed by atoms with Crippen molar-refractivity contribution in [2.75, 3.05) is 0 Å². The maximum absolute atomic E-state index is 4.34. The molecule has 0 aromatic carbocycles. The molecule has 0 spiro atoms. The van der Waals surface area contributed by atoms with Gasteiger partial charge in [-0.25, -0.2) is 0 Å². The highest BCUT2D eigenvalue weighted by Gasteiger charge is 1.98. The van der Waals surface area contributed by atoms with Gasteiger partial charge in [0.15, 0.2) is 0 Å². The number of allylic oxidation sites excluding steroid dienone is 2. The van der Waals surface area contributed by atoms with Crippen LogP contribution in [0.15, 0.2) is 18.3 Å². The number of hydrogen-bond acceptors (Lipinski definition) is 1. The summed E-state index contributed by atoms with van der Waals surface area (Å²) in [5, 5.41) is 0. The number of aryl methyl sites for hydroxylation is 2. The van der Waals surface area contributed by atoms with E-state index in [4.69, 9.17) is 0 Å². The van der Waals surface area contributed by atoms with Crippen molar-refractivity contribution in [1.82, 2.24) is 4.98 Å². The summed E-state index contributed by atoms with van der Waals surface area (Å²) in [6, 6.07) is 2.13. The third kappa shape index (κ3) is 1.73. The molecule has 0 saturated heterocycles. The zero-order valence-electron chi connectivity index (χ0n) is 8.18. The molecule has 0 saturated carbocycles. The largest absolute Gasteiger partial charge is 0.256 e. The van der Waals surface area contributed by atoms with E-state index < -0.39 is 0 Å². The van der Waals surface area contributed by atoms with Gasteiger partial charge in [0, 0.05) is 6.20 Å². The Kier molecular flexibility index (Phi) is 2.64. The van der Waals surface area contributed by atoms with Gasteiger partial charge in [0.25, 0.3) is 0 Å². The van der Waals surface area contributed by atoms with E-state index in [2.05, 4.69) is 37.9 Å². The SMILES string of the molecule is CC=C(C)c1cc(C)c(C)cn1. The van der Waals surface area contributed by atoms with Crippen molar-refractivity contribution in [2.24, 2.45) is 0 Å². The van der Waals surface area contributed by atoms with Crippen LogP contribution in [-0.4, -0.2) is 4.98 Å². The Hall–Kier alpha value is -1.11. The Bertz CT molecular complexity index is 311. The molecule has 0 atom stereocenters. The Morgan fingerprint density at radius 1 is 1.33 bits per heavy atom. The normalized spacial score (nSPS) is 11.8. The predicted octanol–water partition coefficient (Wildman–Crippen LogP) is 3.12. The molecule has 0 aliphatic carbocycles. The molecule has 64 valence electrons. The molecule has 0 aliphatic heterocycles. The van der Waals surface area contributed by atoms with E-state index in [9.17, 15) is 0 Å². The summed E-state index contributed by atoms with van der Waals surface area (Å²) >= 11 is 0. The molecule has 1 aromatic heterocycles. The van der Waals surface area contributed by atoms with Gasteiger partial charge >= 0.3 is 0 Å². The van der Waals surface area contributed by atoms with Gasteiger partial charge in [0.05, 0.1) is 5.69 Å². The fraction of sp³-hybridized carbons (Fsp3) is 0.364. The van der Waals surface area contributed by atoms with Gasteiger partial charge in [-0.3, -0.25) is 4.98 Å². The first kappa shape index (κ1) is 8.98. The molecule has 0 radical (unpaired) electrons. The lowest BCUT2D eigenvalue weighted by atomic mass is 10.1. The van der Waals surface area contributed by atoms with Crippen molar-refractivity contribution in [3.8, 4) is 0 Å². The highest BCUT2D eigenvalue weighted by atomic mass is 14.7. The highest BCUT2D eigenvalue weighted by Crippen LogP contribution is 2.13. The second kappa shape index (κ2) is 3.53. The van der Waals surface area contributed by atoms with Crippen molar-refractivity contribution in [1.29, 1.82) is 0 Å². The van der Waals surface area contributed by atoms with Crippen LogP contribution in [0.1, 0.15) is 30.7 Å². The first-order valence-corrected chi connectivity index (χ1v) is 4.21. The van der Waals surface area contributed by atoms with Gasteiger partial charge in [-0.15, -0.1) is 0 Å². The summed E-state index contributed by atoms with van der Waals surface area (Å²) in [6.07, 6.45) is 4.01. The minimum absolute atomic E-state index is 1.08. The molecule has 1 nitrogen and oxygen atoms in total. The molecule has 1 heteroatoms. The van der Waals surface area contributed by atoms with Gasteiger partial charge in [-0.05, 0) is 50.5 Å².